The summed E-state index contributed by atoms with van der Waals surface area (Å²) in [4.78, 5) is 0. The summed E-state index contributed by atoms with van der Waals surface area (Å²) in [5, 5.41) is 7.02. The minimum atomic E-state index is -0.569. The molecule has 0 saturated carbocycles. The Hall–Kier alpha value is -6.18. The molecule has 0 unspecified atom stereocenters. The van der Waals surface area contributed by atoms with Gasteiger partial charge in [-0.05, 0) is 107 Å². The van der Waals surface area contributed by atoms with E-state index in [0.29, 0.717) is 16.3 Å². The van der Waals surface area contributed by atoms with Crippen molar-refractivity contribution in [3.05, 3.63) is 170 Å². The molecule has 9 aromatic carbocycles. The monoisotopic (exact) mass is 606 g/mol. The first-order valence-electron chi connectivity index (χ1n) is 20.4. The fourth-order valence-corrected chi connectivity index (χ4v) is 6.98. The molecule has 0 atom stereocenters. The van der Waals surface area contributed by atoms with Gasteiger partial charge in [0.25, 0.3) is 0 Å². The van der Waals surface area contributed by atoms with Crippen LogP contribution in [0.1, 0.15) is 13.7 Å². The summed E-state index contributed by atoms with van der Waals surface area (Å²) < 4.78 is 95.0. The van der Waals surface area contributed by atoms with Crippen LogP contribution in [0, 0.1) is 0 Å². The van der Waals surface area contributed by atoms with Gasteiger partial charge in [-0.25, -0.2) is 0 Å². The minimum absolute atomic E-state index is 0.00250. The number of furan rings is 1. The zero-order valence-corrected chi connectivity index (χ0v) is 24.8. The molecule has 1 aromatic heterocycles. The van der Waals surface area contributed by atoms with Gasteiger partial charge in [-0.3, -0.25) is 0 Å². The van der Waals surface area contributed by atoms with E-state index in [4.69, 9.17) is 15.4 Å². The topological polar surface area (TPSA) is 13.1 Å². The van der Waals surface area contributed by atoms with Crippen LogP contribution in [0.3, 0.4) is 0 Å². The molecule has 0 bridgehead atoms. The van der Waals surface area contributed by atoms with E-state index in [1.165, 1.54) is 6.07 Å². The van der Waals surface area contributed by atoms with Crippen LogP contribution in [-0.2, 0) is 0 Å². The molecule has 218 valence electrons. The summed E-state index contributed by atoms with van der Waals surface area (Å²) in [6, 6.07) is 30.6. The maximum Gasteiger partial charge on any atom is 0.136 e. The van der Waals surface area contributed by atoms with E-state index in [0.717, 1.165) is 54.6 Å². The highest BCUT2D eigenvalue weighted by Crippen LogP contribution is 2.45. The van der Waals surface area contributed by atoms with E-state index in [1.807, 2.05) is 72.8 Å². The van der Waals surface area contributed by atoms with Crippen LogP contribution in [0.4, 0.5) is 0 Å². The lowest BCUT2D eigenvalue weighted by Crippen LogP contribution is -1.91. The molecule has 0 aliphatic carbocycles. The van der Waals surface area contributed by atoms with Gasteiger partial charge in [0.05, 0.1) is 13.7 Å². The lowest BCUT2D eigenvalue weighted by molar-refractivity contribution is 0.669. The van der Waals surface area contributed by atoms with Crippen LogP contribution in [0.25, 0.3) is 98.4 Å². The van der Waals surface area contributed by atoms with E-state index in [2.05, 4.69) is 30.3 Å². The lowest BCUT2D eigenvalue weighted by atomic mass is 9.85. The molecular formula is C46H28O. The number of benzene rings is 9. The Morgan fingerprint density at radius 3 is 1.77 bits per heavy atom. The molecule has 1 heteroatoms. The average molecular weight is 607 g/mol. The average Bonchev–Trinajstić information content (AvgIpc) is 3.57. The van der Waals surface area contributed by atoms with Crippen LogP contribution in [0.2, 0.25) is 0 Å². The quantitative estimate of drug-likeness (QED) is 0.182. The van der Waals surface area contributed by atoms with Crippen molar-refractivity contribution >= 4 is 65.0 Å². The highest BCUT2D eigenvalue weighted by Gasteiger charge is 2.18. The van der Waals surface area contributed by atoms with Crippen LogP contribution in [0.5, 0.6) is 0 Å². The highest BCUT2D eigenvalue weighted by atomic mass is 16.3. The van der Waals surface area contributed by atoms with Crippen molar-refractivity contribution in [2.75, 3.05) is 0 Å². The van der Waals surface area contributed by atoms with Crippen LogP contribution in [0.15, 0.2) is 174 Å². The van der Waals surface area contributed by atoms with E-state index >= 15 is 0 Å². The van der Waals surface area contributed by atoms with E-state index in [1.54, 1.807) is 0 Å². The summed E-state index contributed by atoms with van der Waals surface area (Å²) in [6.45, 7) is 0. The van der Waals surface area contributed by atoms with Gasteiger partial charge >= 0.3 is 0 Å². The molecule has 0 fully saturated rings. The van der Waals surface area contributed by atoms with Gasteiger partial charge in [0.15, 0.2) is 0 Å². The Kier molecular flexibility index (Phi) is 3.91. The molecule has 1 nitrogen and oxygen atoms in total. The second-order valence-electron chi connectivity index (χ2n) is 11.7. The second kappa shape index (κ2) is 10.2. The summed E-state index contributed by atoms with van der Waals surface area (Å²) in [7, 11) is 0. The van der Waals surface area contributed by atoms with Gasteiger partial charge in [0.1, 0.15) is 11.2 Å². The molecular weight excluding hydrogens is 569 g/mol. The predicted octanol–water partition coefficient (Wildman–Crippen LogP) is 13.2. The summed E-state index contributed by atoms with van der Waals surface area (Å²) in [5.74, 6) is 0. The van der Waals surface area contributed by atoms with Crippen LogP contribution in [-0.4, -0.2) is 0 Å². The van der Waals surface area contributed by atoms with Gasteiger partial charge in [-0.15, -0.1) is 0 Å². The minimum Gasteiger partial charge on any atom is -0.456 e. The Balaban J connectivity index is 1.30. The zero-order valence-electron chi connectivity index (χ0n) is 34.8. The van der Waals surface area contributed by atoms with E-state index in [9.17, 15) is 2.74 Å². The first kappa shape index (κ1) is 18.1. The van der Waals surface area contributed by atoms with Gasteiger partial charge < -0.3 is 4.42 Å². The molecule has 10 rings (SSSR count). The van der Waals surface area contributed by atoms with Gasteiger partial charge in [-0.2, -0.15) is 0 Å². The molecule has 0 radical (unpaired) electrons. The third-order valence-electron chi connectivity index (χ3n) is 9.07. The van der Waals surface area contributed by atoms with Gasteiger partial charge in [0.2, 0.25) is 0 Å². The standard InChI is InChI=1S/C46H28O/c1-2-13-31-28-44-42(26-30(31)12-1)41-27-34(23-24-43(41)47-44)46-39-20-7-5-18-37(39)45(38-19-6-8-21-40(38)46)33-16-9-15-32(25-33)36-22-10-14-29-11-3-4-17-35(29)36/h1-28H/i3D,4D,9D,10D,11D,14D,15D,16D,22D,25D. The van der Waals surface area contributed by atoms with Crippen molar-refractivity contribution in [2.24, 2.45) is 0 Å². The lowest BCUT2D eigenvalue weighted by Gasteiger charge is -2.18. The second-order valence-corrected chi connectivity index (χ2v) is 11.7. The number of rotatable bonds is 3. The number of fused-ring (bicyclic) bond motifs is 7. The fourth-order valence-electron chi connectivity index (χ4n) is 6.98. The maximum atomic E-state index is 9.76. The zero-order chi connectivity index (χ0) is 39.6. The third kappa shape index (κ3) is 4.03. The maximum absolute atomic E-state index is 9.76. The molecule has 0 spiro atoms. The molecule has 0 aliphatic rings. The third-order valence-corrected chi connectivity index (χ3v) is 9.07. The van der Waals surface area contributed by atoms with Crippen molar-refractivity contribution < 1.29 is 18.1 Å². The Labute approximate surface area is 286 Å². The molecule has 0 amide bonds. The predicted molar refractivity (Wildman–Crippen MR) is 200 cm³/mol. The molecule has 1 heterocycles. The first-order valence-corrected chi connectivity index (χ1v) is 15.4. The van der Waals surface area contributed by atoms with Crippen molar-refractivity contribution in [3.63, 3.8) is 0 Å². The summed E-state index contributed by atoms with van der Waals surface area (Å²) >= 11 is 0. The highest BCUT2D eigenvalue weighted by molar-refractivity contribution is 6.22. The smallest absolute Gasteiger partial charge is 0.136 e. The molecule has 0 N–H and O–H groups in total. The Bertz CT molecular complexity index is 3360. The Morgan fingerprint density at radius 2 is 1.00 bits per heavy atom. The van der Waals surface area contributed by atoms with Crippen LogP contribution < -0.4 is 0 Å². The van der Waals surface area contributed by atoms with Crippen molar-refractivity contribution in [1.29, 1.82) is 0 Å². The molecule has 0 saturated heterocycles. The Morgan fingerprint density at radius 1 is 0.383 bits per heavy atom. The fraction of sp³-hybridized carbons (Fsp3) is 0. The van der Waals surface area contributed by atoms with Crippen molar-refractivity contribution in [2.45, 2.75) is 0 Å². The van der Waals surface area contributed by atoms with Crippen LogP contribution >= 0.6 is 0 Å². The summed E-state index contributed by atoms with van der Waals surface area (Å²) in [5.41, 5.74) is 3.56. The first-order chi connectivity index (χ1) is 27.5. The largest absolute Gasteiger partial charge is 0.456 e. The van der Waals surface area contributed by atoms with Crippen molar-refractivity contribution in [1.82, 2.24) is 0 Å². The van der Waals surface area contributed by atoms with Crippen molar-refractivity contribution in [3.8, 4) is 33.4 Å². The molecule has 0 aliphatic heterocycles. The van der Waals surface area contributed by atoms with E-state index < -0.39 is 42.3 Å². The number of hydrogen-bond acceptors (Lipinski definition) is 1. The normalized spacial score (nSPS) is 14.8. The summed E-state index contributed by atoms with van der Waals surface area (Å²) in [6.07, 6.45) is 0. The van der Waals surface area contributed by atoms with E-state index in [-0.39, 0.29) is 45.6 Å². The number of hydrogen-bond donors (Lipinski definition) is 0. The molecule has 10 aromatic rings. The van der Waals surface area contributed by atoms with Gasteiger partial charge in [-0.1, -0.05) is 139 Å². The van der Waals surface area contributed by atoms with Gasteiger partial charge in [0, 0.05) is 10.8 Å². The molecule has 47 heavy (non-hydrogen) atoms. The SMILES string of the molecule is [2H]c1cc2c(-c3c([2H])c([2H])c([2H])c(-c4c5ccccc5c(-c5ccc6oc7cc8ccccc8cc7c6c5)c5ccccc45)c3[2H])c([2H])c([2H])c([2H])c2c([2H])c1[2H].